The van der Waals surface area contributed by atoms with Crippen LogP contribution in [0.4, 0.5) is 5.69 Å². The number of aromatic nitrogens is 1. The molecule has 3 heteroatoms. The minimum absolute atomic E-state index is 0.0999. The Morgan fingerprint density at radius 3 is 1.87 bits per heavy atom. The predicted octanol–water partition coefficient (Wildman–Crippen LogP) is 8.43. The maximum absolute atomic E-state index is 12.3. The van der Waals surface area contributed by atoms with Gasteiger partial charge in [0.05, 0.1) is 11.2 Å². The van der Waals surface area contributed by atoms with E-state index in [1.54, 1.807) is 6.20 Å². The van der Waals surface area contributed by atoms with Crippen LogP contribution in [0.15, 0.2) is 36.5 Å². The molecule has 0 aliphatic rings. The molecule has 0 fully saturated rings. The molecular formula is C27H42N2O. The molecule has 1 N–H and O–H groups in total. The molecule has 1 amide bonds. The number of hydrogen-bond donors (Lipinski definition) is 1. The van der Waals surface area contributed by atoms with Crippen molar-refractivity contribution < 1.29 is 4.79 Å². The zero-order chi connectivity index (χ0) is 21.3. The number of anilines is 1. The van der Waals surface area contributed by atoms with Crippen LogP contribution in [0.3, 0.4) is 0 Å². The molecule has 1 aromatic carbocycles. The van der Waals surface area contributed by atoms with Gasteiger partial charge in [0.25, 0.3) is 0 Å². The first-order chi connectivity index (χ1) is 14.8. The molecule has 0 aliphatic heterocycles. The minimum Gasteiger partial charge on any atom is -0.324 e. The van der Waals surface area contributed by atoms with Gasteiger partial charge in [0.1, 0.15) is 0 Å². The largest absolute Gasteiger partial charge is 0.324 e. The van der Waals surface area contributed by atoms with Gasteiger partial charge in [-0.25, -0.2) is 0 Å². The molecule has 2 rings (SSSR count). The van der Waals surface area contributed by atoms with E-state index in [0.29, 0.717) is 6.42 Å². The summed E-state index contributed by atoms with van der Waals surface area (Å²) < 4.78 is 0. The smallest absolute Gasteiger partial charge is 0.224 e. The quantitative estimate of drug-likeness (QED) is 0.266. The highest BCUT2D eigenvalue weighted by molar-refractivity contribution is 6.00. The molecule has 0 bridgehead atoms. The van der Waals surface area contributed by atoms with Gasteiger partial charge in [0.2, 0.25) is 5.91 Å². The zero-order valence-corrected chi connectivity index (χ0v) is 19.1. The van der Waals surface area contributed by atoms with Crippen molar-refractivity contribution in [3.05, 3.63) is 36.5 Å². The van der Waals surface area contributed by atoms with Crippen molar-refractivity contribution in [3.63, 3.8) is 0 Å². The fourth-order valence-corrected chi connectivity index (χ4v) is 4.07. The molecule has 0 atom stereocenters. The van der Waals surface area contributed by atoms with E-state index in [1.165, 1.54) is 83.5 Å². The lowest BCUT2D eigenvalue weighted by atomic mass is 10.0. The van der Waals surface area contributed by atoms with Crippen LogP contribution in [-0.2, 0) is 4.79 Å². The first-order valence-electron chi connectivity index (χ1n) is 12.4. The Bertz CT molecular complexity index is 708. The van der Waals surface area contributed by atoms with Gasteiger partial charge in [0, 0.05) is 18.0 Å². The summed E-state index contributed by atoms with van der Waals surface area (Å²) in [5, 5.41) is 4.09. The highest BCUT2D eigenvalue weighted by Gasteiger charge is 2.06. The Morgan fingerprint density at radius 1 is 0.733 bits per heavy atom. The van der Waals surface area contributed by atoms with Crippen LogP contribution in [0.5, 0.6) is 0 Å². The third-order valence-electron chi connectivity index (χ3n) is 5.91. The maximum atomic E-state index is 12.3. The van der Waals surface area contributed by atoms with Gasteiger partial charge in [0.15, 0.2) is 0 Å². The number of pyridine rings is 1. The van der Waals surface area contributed by atoms with Gasteiger partial charge < -0.3 is 5.32 Å². The van der Waals surface area contributed by atoms with Crippen molar-refractivity contribution in [1.29, 1.82) is 0 Å². The number of hydrogen-bond acceptors (Lipinski definition) is 2. The van der Waals surface area contributed by atoms with Crippen molar-refractivity contribution in [3.8, 4) is 0 Å². The maximum Gasteiger partial charge on any atom is 0.224 e. The van der Waals surface area contributed by atoms with Crippen LogP contribution in [-0.4, -0.2) is 10.9 Å². The summed E-state index contributed by atoms with van der Waals surface area (Å²) in [6.07, 6.45) is 22.5. The highest BCUT2D eigenvalue weighted by Crippen LogP contribution is 2.21. The predicted molar refractivity (Wildman–Crippen MR) is 130 cm³/mol. The third-order valence-corrected chi connectivity index (χ3v) is 5.91. The lowest BCUT2D eigenvalue weighted by Gasteiger charge is -2.08. The Balaban J connectivity index is 1.41. The Hall–Kier alpha value is -1.90. The average Bonchev–Trinajstić information content (AvgIpc) is 2.76. The van der Waals surface area contributed by atoms with Crippen LogP contribution in [0.1, 0.15) is 110 Å². The molecule has 0 aliphatic carbocycles. The number of fused-ring (bicyclic) bond motifs is 1. The second kappa shape index (κ2) is 15.9. The van der Waals surface area contributed by atoms with E-state index in [9.17, 15) is 4.79 Å². The first kappa shape index (κ1) is 24.4. The second-order valence-electron chi connectivity index (χ2n) is 8.63. The van der Waals surface area contributed by atoms with E-state index in [-0.39, 0.29) is 5.91 Å². The summed E-state index contributed by atoms with van der Waals surface area (Å²) in [4.78, 5) is 16.6. The normalized spacial score (nSPS) is 11.1. The number of unbranched alkanes of at least 4 members (excludes halogenated alkanes) is 14. The van der Waals surface area contributed by atoms with E-state index >= 15 is 0 Å². The lowest BCUT2D eigenvalue weighted by molar-refractivity contribution is -0.116. The number of benzene rings is 1. The molecule has 166 valence electrons. The molecule has 0 unspecified atom stereocenters. The Morgan fingerprint density at radius 2 is 1.27 bits per heavy atom. The van der Waals surface area contributed by atoms with E-state index in [0.717, 1.165) is 29.4 Å². The van der Waals surface area contributed by atoms with E-state index in [4.69, 9.17) is 0 Å². The summed E-state index contributed by atoms with van der Waals surface area (Å²) in [6.45, 7) is 2.28. The number of carbonyl (C=O) groups is 1. The zero-order valence-electron chi connectivity index (χ0n) is 19.1. The van der Waals surface area contributed by atoms with Gasteiger partial charge in [-0.05, 0) is 18.6 Å². The van der Waals surface area contributed by atoms with E-state index < -0.39 is 0 Å². The van der Waals surface area contributed by atoms with Crippen LogP contribution in [0.25, 0.3) is 10.9 Å². The van der Waals surface area contributed by atoms with Crippen molar-refractivity contribution in [2.45, 2.75) is 110 Å². The number of nitrogens with one attached hydrogen (secondary N) is 1. The van der Waals surface area contributed by atoms with E-state index in [1.807, 2.05) is 30.3 Å². The standard InChI is InChI=1S/C27H42N2O/c1-2-3-4-5-6-7-8-9-10-11-12-13-14-15-16-22-26(30)29-25-21-17-19-24-20-18-23-28-27(24)25/h17-21,23H,2-16,22H2,1H3,(H,29,30). The molecular weight excluding hydrogens is 368 g/mol. The number of amides is 1. The topological polar surface area (TPSA) is 42.0 Å². The molecule has 0 saturated heterocycles. The summed E-state index contributed by atoms with van der Waals surface area (Å²) in [7, 11) is 0. The highest BCUT2D eigenvalue weighted by atomic mass is 16.1. The Labute approximate surface area is 184 Å². The fraction of sp³-hybridized carbons (Fsp3) is 0.630. The molecule has 30 heavy (non-hydrogen) atoms. The van der Waals surface area contributed by atoms with Gasteiger partial charge in [-0.1, -0.05) is 115 Å². The monoisotopic (exact) mass is 410 g/mol. The van der Waals surface area contributed by atoms with Crippen LogP contribution < -0.4 is 5.32 Å². The number of carbonyl (C=O) groups excluding carboxylic acids is 1. The van der Waals surface area contributed by atoms with E-state index in [2.05, 4.69) is 17.2 Å². The van der Waals surface area contributed by atoms with Crippen molar-refractivity contribution in [1.82, 2.24) is 4.98 Å². The Kier molecular flexibility index (Phi) is 12.9. The van der Waals surface area contributed by atoms with Crippen molar-refractivity contribution in [2.75, 3.05) is 5.32 Å². The molecule has 2 aromatic rings. The minimum atomic E-state index is 0.0999. The SMILES string of the molecule is CCCCCCCCCCCCCCCCCC(=O)Nc1cccc2cccnc12. The number of nitrogens with zero attached hydrogens (tertiary/aromatic N) is 1. The molecule has 1 heterocycles. The summed E-state index contributed by atoms with van der Waals surface area (Å²) in [5.74, 6) is 0.0999. The number of para-hydroxylation sites is 1. The summed E-state index contributed by atoms with van der Waals surface area (Å²) in [5.41, 5.74) is 1.68. The fourth-order valence-electron chi connectivity index (χ4n) is 4.07. The van der Waals surface area contributed by atoms with Gasteiger partial charge in [-0.2, -0.15) is 0 Å². The van der Waals surface area contributed by atoms with Crippen LogP contribution in [0, 0.1) is 0 Å². The molecule has 1 aromatic heterocycles. The first-order valence-corrected chi connectivity index (χ1v) is 12.4. The summed E-state index contributed by atoms with van der Waals surface area (Å²) >= 11 is 0. The number of rotatable bonds is 17. The van der Waals surface area contributed by atoms with Gasteiger partial charge >= 0.3 is 0 Å². The third kappa shape index (κ3) is 10.2. The van der Waals surface area contributed by atoms with Gasteiger partial charge in [-0.3, -0.25) is 9.78 Å². The van der Waals surface area contributed by atoms with Crippen molar-refractivity contribution in [2.24, 2.45) is 0 Å². The van der Waals surface area contributed by atoms with Gasteiger partial charge in [-0.15, -0.1) is 0 Å². The molecule has 0 saturated carbocycles. The van der Waals surface area contributed by atoms with Crippen molar-refractivity contribution >= 4 is 22.5 Å². The average molecular weight is 411 g/mol. The molecule has 0 radical (unpaired) electrons. The van der Waals surface area contributed by atoms with Crippen LogP contribution >= 0.6 is 0 Å². The molecule has 0 spiro atoms. The second-order valence-corrected chi connectivity index (χ2v) is 8.63. The summed E-state index contributed by atoms with van der Waals surface area (Å²) in [6, 6.07) is 9.86. The molecule has 3 nitrogen and oxygen atoms in total. The lowest BCUT2D eigenvalue weighted by Crippen LogP contribution is -2.11. The van der Waals surface area contributed by atoms with Crippen LogP contribution in [0.2, 0.25) is 0 Å².